The standard InChI is InChI=1S/C28H29F3N4O5S/c1-14-19-12-18(33-35(19)7-6-34(14)27(37)40-28(2,3)4)24-23(22-17(31)13-41-25(22)26(36)32-24)21-16(30)10-15(29)11-20(21)39-9-8-38-5/h10-14H,6-9H2,1-5H3,(H,32,36)/t14-/m1/s1. The van der Waals surface area contributed by atoms with Gasteiger partial charge in [-0.15, -0.1) is 11.3 Å². The van der Waals surface area contributed by atoms with Crippen LogP contribution >= 0.6 is 11.3 Å². The maximum Gasteiger partial charge on any atom is 0.410 e. The molecule has 0 spiro atoms. The number of rotatable bonds is 6. The Hall–Kier alpha value is -3.84. The molecule has 218 valence electrons. The van der Waals surface area contributed by atoms with Gasteiger partial charge in [0.2, 0.25) is 0 Å². The Morgan fingerprint density at radius 3 is 2.59 bits per heavy atom. The van der Waals surface area contributed by atoms with Gasteiger partial charge >= 0.3 is 6.09 Å². The van der Waals surface area contributed by atoms with Crippen LogP contribution in [-0.2, 0) is 16.0 Å². The number of carbonyl (C=O) groups is 1. The summed E-state index contributed by atoms with van der Waals surface area (Å²) in [6.07, 6.45) is -0.485. The van der Waals surface area contributed by atoms with Crippen molar-refractivity contribution in [3.63, 3.8) is 0 Å². The fourth-order valence-corrected chi connectivity index (χ4v) is 5.69. The van der Waals surface area contributed by atoms with E-state index >= 15 is 8.78 Å². The summed E-state index contributed by atoms with van der Waals surface area (Å²) in [7, 11) is 1.45. The third kappa shape index (κ3) is 5.43. The van der Waals surface area contributed by atoms with Crippen molar-refractivity contribution in [1.82, 2.24) is 19.7 Å². The molecule has 41 heavy (non-hydrogen) atoms. The minimum atomic E-state index is -1.01. The lowest BCUT2D eigenvalue weighted by atomic mass is 9.96. The monoisotopic (exact) mass is 590 g/mol. The predicted octanol–water partition coefficient (Wildman–Crippen LogP) is 5.87. The van der Waals surface area contributed by atoms with Crippen LogP contribution in [0.2, 0.25) is 0 Å². The molecule has 0 saturated heterocycles. The van der Waals surface area contributed by atoms with E-state index in [9.17, 15) is 14.0 Å². The molecule has 0 radical (unpaired) electrons. The summed E-state index contributed by atoms with van der Waals surface area (Å²) in [5.74, 6) is -2.83. The van der Waals surface area contributed by atoms with E-state index in [1.165, 1.54) is 7.11 Å². The van der Waals surface area contributed by atoms with Gasteiger partial charge in [0.25, 0.3) is 5.56 Å². The quantitative estimate of drug-likeness (QED) is 0.282. The minimum Gasteiger partial charge on any atom is -0.490 e. The summed E-state index contributed by atoms with van der Waals surface area (Å²) in [6.45, 7) is 7.89. The van der Waals surface area contributed by atoms with Crippen molar-refractivity contribution in [2.75, 3.05) is 26.9 Å². The Balaban J connectivity index is 1.69. The molecule has 4 heterocycles. The summed E-state index contributed by atoms with van der Waals surface area (Å²) < 4.78 is 63.1. The third-order valence-corrected chi connectivity index (χ3v) is 7.60. The van der Waals surface area contributed by atoms with Crippen molar-refractivity contribution in [3.05, 3.63) is 57.1 Å². The molecule has 3 aromatic heterocycles. The molecule has 9 nitrogen and oxygen atoms in total. The van der Waals surface area contributed by atoms with E-state index in [4.69, 9.17) is 14.2 Å². The number of carbonyl (C=O) groups excluding carboxylic acids is 1. The number of nitrogens with zero attached hydrogens (tertiary/aromatic N) is 3. The maximum atomic E-state index is 15.6. The lowest BCUT2D eigenvalue weighted by Crippen LogP contribution is -2.43. The van der Waals surface area contributed by atoms with Gasteiger partial charge in [-0.1, -0.05) is 0 Å². The summed E-state index contributed by atoms with van der Waals surface area (Å²) in [5, 5.41) is 5.65. The first-order valence-electron chi connectivity index (χ1n) is 12.9. The van der Waals surface area contributed by atoms with E-state index in [1.54, 1.807) is 36.4 Å². The molecule has 0 saturated carbocycles. The first-order valence-corrected chi connectivity index (χ1v) is 13.8. The van der Waals surface area contributed by atoms with Crippen LogP contribution in [0.3, 0.4) is 0 Å². The van der Waals surface area contributed by atoms with Crippen LogP contribution < -0.4 is 10.3 Å². The Morgan fingerprint density at radius 1 is 1.12 bits per heavy atom. The van der Waals surface area contributed by atoms with Crippen molar-refractivity contribution >= 4 is 27.5 Å². The van der Waals surface area contributed by atoms with Crippen molar-refractivity contribution in [2.45, 2.75) is 45.9 Å². The molecule has 13 heteroatoms. The number of hydrogen-bond acceptors (Lipinski definition) is 7. The van der Waals surface area contributed by atoms with Crippen LogP contribution in [0.1, 0.15) is 39.4 Å². The fourth-order valence-electron chi connectivity index (χ4n) is 4.87. The predicted molar refractivity (Wildman–Crippen MR) is 148 cm³/mol. The van der Waals surface area contributed by atoms with Crippen molar-refractivity contribution < 1.29 is 32.2 Å². The van der Waals surface area contributed by atoms with Gasteiger partial charge in [-0.2, -0.15) is 5.10 Å². The average Bonchev–Trinajstić information content (AvgIpc) is 3.49. The molecule has 1 aromatic carbocycles. The minimum absolute atomic E-state index is 0.0276. The summed E-state index contributed by atoms with van der Waals surface area (Å²) in [4.78, 5) is 30.2. The molecule has 1 aliphatic heterocycles. The van der Waals surface area contributed by atoms with E-state index in [2.05, 4.69) is 10.1 Å². The van der Waals surface area contributed by atoms with Crippen LogP contribution in [0.25, 0.3) is 32.6 Å². The number of hydrogen-bond donors (Lipinski definition) is 1. The van der Waals surface area contributed by atoms with Gasteiger partial charge in [0.1, 0.15) is 45.8 Å². The average molecular weight is 591 g/mol. The molecule has 1 aliphatic rings. The van der Waals surface area contributed by atoms with Gasteiger partial charge in [-0.3, -0.25) is 14.4 Å². The Bertz CT molecular complexity index is 1690. The number of aromatic amines is 1. The second-order valence-corrected chi connectivity index (χ2v) is 11.5. The van der Waals surface area contributed by atoms with Gasteiger partial charge in [-0.05, 0) is 33.8 Å². The maximum absolute atomic E-state index is 15.6. The lowest BCUT2D eigenvalue weighted by molar-refractivity contribution is 0.0120. The van der Waals surface area contributed by atoms with E-state index in [-0.39, 0.29) is 51.6 Å². The first kappa shape index (κ1) is 28.7. The van der Waals surface area contributed by atoms with Crippen LogP contribution in [0.4, 0.5) is 18.0 Å². The van der Waals surface area contributed by atoms with Gasteiger partial charge in [0.05, 0.1) is 36.1 Å². The zero-order valence-electron chi connectivity index (χ0n) is 23.1. The molecule has 4 aromatic rings. The molecule has 0 fully saturated rings. The number of ether oxygens (including phenoxy) is 3. The summed E-state index contributed by atoms with van der Waals surface area (Å²) in [6, 6.07) is 2.87. The van der Waals surface area contributed by atoms with Crippen molar-refractivity contribution in [2.24, 2.45) is 0 Å². The molecule has 5 rings (SSSR count). The first-order chi connectivity index (χ1) is 19.4. The Kier molecular flexibility index (Phi) is 7.60. The largest absolute Gasteiger partial charge is 0.490 e. The van der Waals surface area contributed by atoms with E-state index in [0.717, 1.165) is 22.8 Å². The van der Waals surface area contributed by atoms with Gasteiger partial charge in [0, 0.05) is 42.1 Å². The number of pyridine rings is 1. The summed E-state index contributed by atoms with van der Waals surface area (Å²) in [5.41, 5.74) is -0.668. The normalized spacial score (nSPS) is 15.3. The zero-order valence-corrected chi connectivity index (χ0v) is 24.0. The number of benzene rings is 1. The third-order valence-electron chi connectivity index (χ3n) is 6.65. The highest BCUT2D eigenvalue weighted by Crippen LogP contribution is 2.44. The van der Waals surface area contributed by atoms with E-state index < -0.39 is 40.7 Å². The molecule has 1 atom stereocenters. The molecule has 1 amide bonds. The summed E-state index contributed by atoms with van der Waals surface area (Å²) >= 11 is 0.866. The van der Waals surface area contributed by atoms with Gasteiger partial charge < -0.3 is 19.2 Å². The smallest absolute Gasteiger partial charge is 0.410 e. The molecular weight excluding hydrogens is 561 g/mol. The van der Waals surface area contributed by atoms with E-state index in [1.807, 2.05) is 6.92 Å². The number of fused-ring (bicyclic) bond motifs is 2. The highest BCUT2D eigenvalue weighted by molar-refractivity contribution is 7.17. The lowest BCUT2D eigenvalue weighted by Gasteiger charge is -2.35. The van der Waals surface area contributed by atoms with Gasteiger partial charge in [0.15, 0.2) is 0 Å². The number of methoxy groups -OCH3 is 1. The van der Waals surface area contributed by atoms with Crippen LogP contribution in [0, 0.1) is 17.5 Å². The molecule has 1 N–H and O–H groups in total. The molecule has 0 unspecified atom stereocenters. The number of amides is 1. The van der Waals surface area contributed by atoms with Crippen LogP contribution in [-0.4, -0.2) is 58.2 Å². The second-order valence-electron chi connectivity index (χ2n) is 10.6. The zero-order chi connectivity index (χ0) is 29.6. The van der Waals surface area contributed by atoms with Gasteiger partial charge in [-0.25, -0.2) is 18.0 Å². The number of halogens is 3. The SMILES string of the molecule is COCCOc1cc(F)cc(F)c1-c1c(-c2cc3n(n2)CCN(C(=O)OC(C)(C)C)[C@@H]3C)[nH]c(=O)c2scc(F)c12. The highest BCUT2D eigenvalue weighted by atomic mass is 32.1. The van der Waals surface area contributed by atoms with Crippen LogP contribution in [0.5, 0.6) is 5.75 Å². The highest BCUT2D eigenvalue weighted by Gasteiger charge is 2.34. The molecule has 0 aliphatic carbocycles. The van der Waals surface area contributed by atoms with Crippen LogP contribution in [0.15, 0.2) is 28.4 Å². The molecular formula is C28H29F3N4O5S. The number of H-pyrrole nitrogens is 1. The van der Waals surface area contributed by atoms with E-state index in [0.29, 0.717) is 24.8 Å². The number of aromatic nitrogens is 3. The Labute approximate surface area is 237 Å². The van der Waals surface area contributed by atoms with Crippen molar-refractivity contribution in [3.8, 4) is 28.3 Å². The fraction of sp³-hybridized carbons (Fsp3) is 0.393. The Morgan fingerprint density at radius 2 is 1.88 bits per heavy atom. The number of nitrogens with one attached hydrogen (secondary N) is 1. The second kappa shape index (κ2) is 10.9. The molecule has 0 bridgehead atoms. The van der Waals surface area contributed by atoms with Crippen molar-refractivity contribution in [1.29, 1.82) is 0 Å². The number of thiophene rings is 1. The topological polar surface area (TPSA) is 98.7 Å².